The number of rotatable bonds is 5. The van der Waals surface area contributed by atoms with Gasteiger partial charge in [0.2, 0.25) is 0 Å². The SMILES string of the molecule is CCC(Cl)(CSc1ccc(Cl)cc1)OC. The molecule has 4 heteroatoms. The molecule has 1 aromatic rings. The summed E-state index contributed by atoms with van der Waals surface area (Å²) in [6, 6.07) is 7.71. The van der Waals surface area contributed by atoms with Gasteiger partial charge in [-0.15, -0.1) is 11.8 Å². The molecule has 0 radical (unpaired) electrons. The maximum atomic E-state index is 6.22. The number of benzene rings is 1. The van der Waals surface area contributed by atoms with E-state index in [0.29, 0.717) is 0 Å². The smallest absolute Gasteiger partial charge is 0.150 e. The van der Waals surface area contributed by atoms with Crippen molar-refractivity contribution >= 4 is 35.0 Å². The van der Waals surface area contributed by atoms with Crippen molar-refractivity contribution in [2.24, 2.45) is 0 Å². The zero-order chi connectivity index (χ0) is 11.3. The summed E-state index contributed by atoms with van der Waals surface area (Å²) in [7, 11) is 1.64. The summed E-state index contributed by atoms with van der Waals surface area (Å²) < 4.78 is 5.25. The maximum Gasteiger partial charge on any atom is 0.150 e. The average molecular weight is 265 g/mol. The molecule has 0 saturated carbocycles. The maximum absolute atomic E-state index is 6.22. The van der Waals surface area contributed by atoms with Crippen molar-refractivity contribution in [2.75, 3.05) is 12.9 Å². The minimum atomic E-state index is -0.565. The van der Waals surface area contributed by atoms with Gasteiger partial charge in [-0.1, -0.05) is 30.1 Å². The molecule has 0 aliphatic rings. The first-order valence-electron chi connectivity index (χ1n) is 4.72. The summed E-state index contributed by atoms with van der Waals surface area (Å²) in [4.78, 5) is 1.15. The summed E-state index contributed by atoms with van der Waals surface area (Å²) in [5.74, 6) is 0.725. The lowest BCUT2D eigenvalue weighted by Gasteiger charge is -2.23. The quantitative estimate of drug-likeness (QED) is 0.575. The molecular weight excluding hydrogens is 251 g/mol. The van der Waals surface area contributed by atoms with Gasteiger partial charge in [-0.2, -0.15) is 0 Å². The van der Waals surface area contributed by atoms with E-state index in [1.165, 1.54) is 0 Å². The Bertz CT molecular complexity index is 296. The highest BCUT2D eigenvalue weighted by Crippen LogP contribution is 2.30. The van der Waals surface area contributed by atoms with E-state index in [0.717, 1.165) is 22.1 Å². The Hall–Kier alpha value is 0.110. The Labute approximate surface area is 105 Å². The van der Waals surface area contributed by atoms with Crippen molar-refractivity contribution in [3.8, 4) is 0 Å². The number of methoxy groups -OCH3 is 1. The van der Waals surface area contributed by atoms with Crippen LogP contribution in [-0.4, -0.2) is 17.9 Å². The van der Waals surface area contributed by atoms with Crippen LogP contribution in [0.3, 0.4) is 0 Å². The van der Waals surface area contributed by atoms with Crippen LogP contribution in [0.2, 0.25) is 5.02 Å². The van der Waals surface area contributed by atoms with Crippen LogP contribution in [0.1, 0.15) is 13.3 Å². The van der Waals surface area contributed by atoms with Gasteiger partial charge in [0, 0.05) is 22.8 Å². The first-order chi connectivity index (χ1) is 7.09. The highest BCUT2D eigenvalue weighted by Gasteiger charge is 2.24. The summed E-state index contributed by atoms with van der Waals surface area (Å²) in [6.45, 7) is 2.01. The molecule has 0 aliphatic heterocycles. The second kappa shape index (κ2) is 6.00. The third-order valence-corrected chi connectivity index (χ3v) is 4.34. The van der Waals surface area contributed by atoms with Crippen LogP contribution in [0.25, 0.3) is 0 Å². The van der Waals surface area contributed by atoms with Crippen LogP contribution in [0, 0.1) is 0 Å². The number of alkyl halides is 1. The number of halogens is 2. The van der Waals surface area contributed by atoms with Crippen LogP contribution < -0.4 is 0 Å². The fraction of sp³-hybridized carbons (Fsp3) is 0.455. The summed E-state index contributed by atoms with van der Waals surface area (Å²) in [5.41, 5.74) is 0. The van der Waals surface area contributed by atoms with E-state index in [-0.39, 0.29) is 0 Å². The summed E-state index contributed by atoms with van der Waals surface area (Å²) in [6.07, 6.45) is 0.783. The Balaban J connectivity index is 2.53. The largest absolute Gasteiger partial charge is 0.362 e. The molecule has 0 aliphatic carbocycles. The van der Waals surface area contributed by atoms with E-state index < -0.39 is 5.06 Å². The van der Waals surface area contributed by atoms with E-state index in [2.05, 4.69) is 0 Å². The first kappa shape index (κ1) is 13.2. The Morgan fingerprint density at radius 1 is 1.33 bits per heavy atom. The Kier molecular flexibility index (Phi) is 5.27. The molecule has 0 fully saturated rings. The van der Waals surface area contributed by atoms with Crippen molar-refractivity contribution in [3.63, 3.8) is 0 Å². The third kappa shape index (κ3) is 4.23. The molecule has 1 nitrogen and oxygen atoms in total. The van der Waals surface area contributed by atoms with Gasteiger partial charge in [-0.25, -0.2) is 0 Å². The fourth-order valence-electron chi connectivity index (χ4n) is 1.03. The van der Waals surface area contributed by atoms with E-state index >= 15 is 0 Å². The first-order valence-corrected chi connectivity index (χ1v) is 6.46. The molecule has 0 aromatic heterocycles. The van der Waals surface area contributed by atoms with Crippen molar-refractivity contribution in [1.29, 1.82) is 0 Å². The average Bonchev–Trinajstić information content (AvgIpc) is 2.28. The summed E-state index contributed by atoms with van der Waals surface area (Å²) >= 11 is 13.7. The third-order valence-electron chi connectivity index (χ3n) is 2.16. The predicted molar refractivity (Wildman–Crippen MR) is 68.1 cm³/mol. The molecule has 0 amide bonds. The molecule has 15 heavy (non-hydrogen) atoms. The monoisotopic (exact) mass is 264 g/mol. The van der Waals surface area contributed by atoms with Crippen molar-refractivity contribution < 1.29 is 4.74 Å². The number of hydrogen-bond acceptors (Lipinski definition) is 2. The molecule has 1 unspecified atom stereocenters. The van der Waals surface area contributed by atoms with Crippen molar-refractivity contribution in [1.82, 2.24) is 0 Å². The normalized spacial score (nSPS) is 14.9. The van der Waals surface area contributed by atoms with Crippen molar-refractivity contribution in [2.45, 2.75) is 23.3 Å². The molecule has 0 saturated heterocycles. The van der Waals surface area contributed by atoms with Gasteiger partial charge in [0.05, 0.1) is 0 Å². The highest BCUT2D eigenvalue weighted by atomic mass is 35.5. The molecule has 0 heterocycles. The van der Waals surface area contributed by atoms with Gasteiger partial charge in [0.25, 0.3) is 0 Å². The van der Waals surface area contributed by atoms with E-state index in [4.69, 9.17) is 27.9 Å². The van der Waals surface area contributed by atoms with Crippen LogP contribution in [0.15, 0.2) is 29.2 Å². The molecule has 0 N–H and O–H groups in total. The predicted octanol–water partition coefficient (Wildman–Crippen LogP) is 4.42. The Morgan fingerprint density at radius 3 is 2.40 bits per heavy atom. The minimum absolute atomic E-state index is 0.565. The van der Waals surface area contributed by atoms with Gasteiger partial charge in [0.15, 0.2) is 0 Å². The van der Waals surface area contributed by atoms with E-state index in [9.17, 15) is 0 Å². The van der Waals surface area contributed by atoms with Gasteiger partial charge in [-0.3, -0.25) is 0 Å². The second-order valence-corrected chi connectivity index (χ2v) is 5.36. The number of thioether (sulfide) groups is 1. The van der Waals surface area contributed by atoms with Crippen LogP contribution in [0.5, 0.6) is 0 Å². The lowest BCUT2D eigenvalue weighted by molar-refractivity contribution is 0.0809. The van der Waals surface area contributed by atoms with Gasteiger partial charge in [0.1, 0.15) is 5.06 Å². The van der Waals surface area contributed by atoms with E-state index in [1.54, 1.807) is 18.9 Å². The second-order valence-electron chi connectivity index (χ2n) is 3.18. The standard InChI is InChI=1S/C11H14Cl2OS/c1-3-11(13,14-2)8-15-10-6-4-9(12)5-7-10/h4-7H,3,8H2,1-2H3. The molecule has 1 aromatic carbocycles. The summed E-state index contributed by atoms with van der Waals surface area (Å²) in [5, 5.41) is 0.184. The van der Waals surface area contributed by atoms with E-state index in [1.807, 2.05) is 31.2 Å². The van der Waals surface area contributed by atoms with Crippen LogP contribution in [-0.2, 0) is 4.74 Å². The Morgan fingerprint density at radius 2 is 1.93 bits per heavy atom. The zero-order valence-corrected chi connectivity index (χ0v) is 11.1. The fourth-order valence-corrected chi connectivity index (χ4v) is 2.35. The number of hydrogen-bond donors (Lipinski definition) is 0. The van der Waals surface area contributed by atoms with Crippen LogP contribution in [0.4, 0.5) is 0 Å². The van der Waals surface area contributed by atoms with Gasteiger partial charge in [-0.05, 0) is 30.7 Å². The lowest BCUT2D eigenvalue weighted by atomic mass is 10.3. The molecule has 0 spiro atoms. The zero-order valence-electron chi connectivity index (χ0n) is 8.80. The molecular formula is C11H14Cl2OS. The molecule has 84 valence electrons. The minimum Gasteiger partial charge on any atom is -0.362 e. The van der Waals surface area contributed by atoms with Gasteiger partial charge >= 0.3 is 0 Å². The molecule has 0 bridgehead atoms. The molecule has 1 atom stereocenters. The van der Waals surface area contributed by atoms with Crippen LogP contribution >= 0.6 is 35.0 Å². The lowest BCUT2D eigenvalue weighted by Crippen LogP contribution is -2.25. The highest BCUT2D eigenvalue weighted by molar-refractivity contribution is 7.99. The van der Waals surface area contributed by atoms with Gasteiger partial charge < -0.3 is 4.74 Å². The molecule has 1 rings (SSSR count). The number of ether oxygens (including phenoxy) is 1. The van der Waals surface area contributed by atoms with Crippen molar-refractivity contribution in [3.05, 3.63) is 29.3 Å². The topological polar surface area (TPSA) is 9.23 Å².